The molecule has 1 aliphatic rings. The van der Waals surface area contributed by atoms with Crippen LogP contribution in [0.15, 0.2) is 36.5 Å². The highest BCUT2D eigenvalue weighted by molar-refractivity contribution is 6.39. The fourth-order valence-electron chi connectivity index (χ4n) is 3.72. The van der Waals surface area contributed by atoms with Crippen LogP contribution in [-0.2, 0) is 15.1 Å². The number of aryl methyl sites for hydroxylation is 1. The van der Waals surface area contributed by atoms with Crippen molar-refractivity contribution in [1.82, 2.24) is 9.88 Å². The smallest absolute Gasteiger partial charge is 0.313 e. The molecule has 4 N–H and O–H groups in total. The van der Waals surface area contributed by atoms with Crippen LogP contribution in [0.4, 0.5) is 17.2 Å². The summed E-state index contributed by atoms with van der Waals surface area (Å²) in [6.07, 6.45) is 4.15. The van der Waals surface area contributed by atoms with Gasteiger partial charge in [-0.1, -0.05) is 12.1 Å². The van der Waals surface area contributed by atoms with Crippen molar-refractivity contribution >= 4 is 29.0 Å². The fourth-order valence-corrected chi connectivity index (χ4v) is 3.72. The molecule has 28 heavy (non-hydrogen) atoms. The van der Waals surface area contributed by atoms with Crippen molar-refractivity contribution in [3.05, 3.63) is 47.7 Å². The second-order valence-corrected chi connectivity index (χ2v) is 7.40. The minimum Gasteiger partial charge on any atom is -0.388 e. The minimum absolute atomic E-state index is 0.400. The van der Waals surface area contributed by atoms with Crippen LogP contribution in [0.2, 0.25) is 0 Å². The van der Waals surface area contributed by atoms with Gasteiger partial charge in [-0.2, -0.15) is 0 Å². The van der Waals surface area contributed by atoms with Gasteiger partial charge in [-0.15, -0.1) is 0 Å². The number of hydrogen-bond donors (Lipinski definition) is 3. The molecule has 2 aromatic rings. The van der Waals surface area contributed by atoms with E-state index in [1.807, 2.05) is 38.2 Å². The Morgan fingerprint density at radius 3 is 2.71 bits per heavy atom. The van der Waals surface area contributed by atoms with Gasteiger partial charge in [0, 0.05) is 19.3 Å². The third-order valence-corrected chi connectivity index (χ3v) is 5.48. The van der Waals surface area contributed by atoms with Crippen LogP contribution in [0.25, 0.3) is 0 Å². The van der Waals surface area contributed by atoms with E-state index in [1.54, 1.807) is 17.9 Å². The Morgan fingerprint density at radius 1 is 1.21 bits per heavy atom. The summed E-state index contributed by atoms with van der Waals surface area (Å²) in [5.41, 5.74) is 8.38. The molecule has 0 aliphatic carbocycles. The summed E-state index contributed by atoms with van der Waals surface area (Å²) < 4.78 is 0. The Labute approximate surface area is 165 Å². The summed E-state index contributed by atoms with van der Waals surface area (Å²) in [4.78, 5) is 31.5. The van der Waals surface area contributed by atoms with Crippen LogP contribution >= 0.6 is 0 Å². The number of nitrogen functional groups attached to an aromatic ring is 1. The molecule has 0 saturated carbocycles. The average Bonchev–Trinajstić information content (AvgIpc) is 2.70. The van der Waals surface area contributed by atoms with Gasteiger partial charge in [0.2, 0.25) is 0 Å². The Morgan fingerprint density at radius 2 is 2.00 bits per heavy atom. The number of amides is 2. The molecule has 148 valence electrons. The molecule has 1 saturated heterocycles. The van der Waals surface area contributed by atoms with Gasteiger partial charge in [-0.05, 0) is 62.4 Å². The average molecular weight is 381 g/mol. The van der Waals surface area contributed by atoms with Crippen molar-refractivity contribution in [3.8, 4) is 0 Å². The molecule has 1 atom stereocenters. The second kappa shape index (κ2) is 7.88. The number of carbonyl (C=O) groups excluding carboxylic acids is 2. The number of nitrogens with zero attached hydrogens (tertiary/aromatic N) is 2. The fraction of sp³-hybridized carbons (Fsp3) is 0.381. The molecule has 1 aromatic heterocycles. The van der Waals surface area contributed by atoms with Crippen LogP contribution in [0.3, 0.4) is 0 Å². The highest BCUT2D eigenvalue weighted by atomic mass is 16.2. The number of anilines is 3. The van der Waals surface area contributed by atoms with Crippen molar-refractivity contribution in [3.63, 3.8) is 0 Å². The predicted molar refractivity (Wildman–Crippen MR) is 111 cm³/mol. The van der Waals surface area contributed by atoms with E-state index < -0.39 is 17.4 Å². The number of benzene rings is 1. The van der Waals surface area contributed by atoms with Crippen molar-refractivity contribution in [2.24, 2.45) is 0 Å². The lowest BCUT2D eigenvalue weighted by Crippen LogP contribution is -2.53. The van der Waals surface area contributed by atoms with Gasteiger partial charge in [-0.25, -0.2) is 4.98 Å². The number of nitrogens with two attached hydrogens (primary N) is 1. The molecular weight excluding hydrogens is 354 g/mol. The number of carbonyl (C=O) groups is 2. The first-order chi connectivity index (χ1) is 13.3. The maximum absolute atomic E-state index is 13.1. The van der Waals surface area contributed by atoms with Gasteiger partial charge < -0.3 is 21.3 Å². The van der Waals surface area contributed by atoms with E-state index in [9.17, 15) is 9.59 Å². The number of likely N-dealkylation sites (tertiary alicyclic amines) is 1. The Bertz CT molecular complexity index is 898. The molecular formula is C21H27N5O2. The zero-order chi connectivity index (χ0) is 20.3. The second-order valence-electron chi connectivity index (χ2n) is 7.40. The summed E-state index contributed by atoms with van der Waals surface area (Å²) in [6.45, 7) is 4.38. The maximum Gasteiger partial charge on any atom is 0.313 e. The molecule has 1 aromatic carbocycles. The van der Waals surface area contributed by atoms with E-state index in [0.29, 0.717) is 18.1 Å². The topological polar surface area (TPSA) is 100 Å². The molecule has 1 aliphatic heterocycles. The SMILES string of the molecule is CNc1cccc([C@]2(C)CCCCN2C(=O)C(=O)Nc2cnc(N)c(C)c2)c1. The summed E-state index contributed by atoms with van der Waals surface area (Å²) in [5.74, 6) is -0.798. The zero-order valence-corrected chi connectivity index (χ0v) is 16.6. The molecule has 7 nitrogen and oxygen atoms in total. The van der Waals surface area contributed by atoms with Crippen LogP contribution < -0.4 is 16.4 Å². The first kappa shape index (κ1) is 19.7. The van der Waals surface area contributed by atoms with E-state index in [4.69, 9.17) is 5.73 Å². The molecule has 0 unspecified atom stereocenters. The highest BCUT2D eigenvalue weighted by Crippen LogP contribution is 2.38. The van der Waals surface area contributed by atoms with Crippen molar-refractivity contribution < 1.29 is 9.59 Å². The third kappa shape index (κ3) is 3.78. The van der Waals surface area contributed by atoms with Crippen molar-refractivity contribution in [2.75, 3.05) is 30.0 Å². The normalized spacial score (nSPS) is 19.2. The molecule has 0 bridgehead atoms. The van der Waals surface area contributed by atoms with E-state index in [1.165, 1.54) is 6.20 Å². The van der Waals surface area contributed by atoms with E-state index in [0.717, 1.165) is 36.1 Å². The van der Waals surface area contributed by atoms with Crippen molar-refractivity contribution in [2.45, 2.75) is 38.6 Å². The van der Waals surface area contributed by atoms with Gasteiger partial charge in [0.1, 0.15) is 5.82 Å². The monoisotopic (exact) mass is 381 g/mol. The first-order valence-electron chi connectivity index (χ1n) is 9.48. The number of pyridine rings is 1. The lowest BCUT2D eigenvalue weighted by atomic mass is 9.81. The Balaban J connectivity index is 1.84. The van der Waals surface area contributed by atoms with Crippen LogP contribution in [0.5, 0.6) is 0 Å². The van der Waals surface area contributed by atoms with Gasteiger partial charge in [0.05, 0.1) is 17.4 Å². The van der Waals surface area contributed by atoms with Crippen LogP contribution in [0.1, 0.15) is 37.3 Å². The molecule has 1 fully saturated rings. The molecule has 2 heterocycles. The molecule has 2 amide bonds. The number of aromatic nitrogens is 1. The summed E-state index contributed by atoms with van der Waals surface area (Å²) >= 11 is 0. The Hall–Kier alpha value is -3.09. The first-order valence-corrected chi connectivity index (χ1v) is 9.48. The quantitative estimate of drug-likeness (QED) is 0.710. The molecule has 0 spiro atoms. The van der Waals surface area contributed by atoms with Crippen molar-refractivity contribution in [1.29, 1.82) is 0 Å². The number of nitrogens with one attached hydrogen (secondary N) is 2. The summed E-state index contributed by atoms with van der Waals surface area (Å²) in [6, 6.07) is 9.70. The van der Waals surface area contributed by atoms with Gasteiger partial charge in [0.15, 0.2) is 0 Å². The number of piperidine rings is 1. The maximum atomic E-state index is 13.1. The van der Waals surface area contributed by atoms with E-state index in [-0.39, 0.29) is 0 Å². The predicted octanol–water partition coefficient (Wildman–Crippen LogP) is 2.88. The summed E-state index contributed by atoms with van der Waals surface area (Å²) in [5, 5.41) is 5.79. The summed E-state index contributed by atoms with van der Waals surface area (Å²) in [7, 11) is 1.86. The molecule has 3 rings (SSSR count). The Kier molecular flexibility index (Phi) is 5.53. The number of rotatable bonds is 3. The lowest BCUT2D eigenvalue weighted by Gasteiger charge is -2.45. The molecule has 0 radical (unpaired) electrons. The van der Waals surface area contributed by atoms with Gasteiger partial charge >= 0.3 is 11.8 Å². The minimum atomic E-state index is -0.663. The highest BCUT2D eigenvalue weighted by Gasteiger charge is 2.41. The van der Waals surface area contributed by atoms with Crippen LogP contribution in [0, 0.1) is 6.92 Å². The lowest BCUT2D eigenvalue weighted by molar-refractivity contribution is -0.149. The standard InChI is InChI=1S/C21H27N5O2/c1-14-11-17(13-24-18(14)22)25-19(27)20(28)26-10-5-4-9-21(26,2)15-7-6-8-16(12-15)23-3/h6-8,11-13,23H,4-5,9-10H2,1-3H3,(H2,22,24)(H,25,27)/t21-/m0/s1. The van der Waals surface area contributed by atoms with E-state index in [2.05, 4.69) is 15.6 Å². The van der Waals surface area contributed by atoms with Crippen LogP contribution in [-0.4, -0.2) is 35.3 Å². The molecule has 7 heteroatoms. The third-order valence-electron chi connectivity index (χ3n) is 5.48. The zero-order valence-electron chi connectivity index (χ0n) is 16.6. The van der Waals surface area contributed by atoms with Gasteiger partial charge in [-0.3, -0.25) is 9.59 Å². The van der Waals surface area contributed by atoms with Gasteiger partial charge in [0.25, 0.3) is 0 Å². The van der Waals surface area contributed by atoms with E-state index >= 15 is 0 Å². The largest absolute Gasteiger partial charge is 0.388 e. The number of hydrogen-bond acceptors (Lipinski definition) is 5.